The first-order valence-electron chi connectivity index (χ1n) is 16.4. The summed E-state index contributed by atoms with van der Waals surface area (Å²) in [5, 5.41) is -0.781. The van der Waals surface area contributed by atoms with E-state index in [1.807, 2.05) is 79.3 Å². The van der Waals surface area contributed by atoms with Gasteiger partial charge in [0.2, 0.25) is 11.5 Å². The molecule has 274 valence electrons. The molecule has 5 aromatic rings. The average Bonchev–Trinajstić information content (AvgIpc) is 3.63. The predicted octanol–water partition coefficient (Wildman–Crippen LogP) is 4.51. The largest absolute Gasteiger partial charge is 1.00 e. The molecule has 4 aromatic carbocycles. The van der Waals surface area contributed by atoms with Crippen molar-refractivity contribution in [3.05, 3.63) is 114 Å². The Balaban J connectivity index is 0.00000465. The Hall–Kier alpha value is -4.15. The number of oxazole rings is 1. The van der Waals surface area contributed by atoms with Crippen LogP contribution in [-0.4, -0.2) is 45.9 Å². The molecule has 0 spiro atoms. The molecule has 17 heteroatoms. The van der Waals surface area contributed by atoms with Gasteiger partial charge in [-0.3, -0.25) is 4.90 Å². The quantitative estimate of drug-likeness (QED) is 0.0982. The molecule has 0 aliphatic carbocycles. The van der Waals surface area contributed by atoms with E-state index in [0.717, 1.165) is 46.9 Å². The van der Waals surface area contributed by atoms with Crippen LogP contribution in [0.2, 0.25) is 0 Å². The van der Waals surface area contributed by atoms with Crippen LogP contribution in [0.3, 0.4) is 0 Å². The zero-order chi connectivity index (χ0) is 38.1. The van der Waals surface area contributed by atoms with Gasteiger partial charge in [-0.25, -0.2) is 16.8 Å². The van der Waals surface area contributed by atoms with Crippen LogP contribution in [0.25, 0.3) is 22.2 Å². The normalized spacial score (nSPS) is 15.3. The standard InChI is InChI=1S/C38H30N4O8S4.Na/c1-5-11-38(54(46,47)48)42-27-21-35-29(40(4)25-13-8-10-15-33(25)52-35)19-31(27)50-37(42)17-23(6-2)16-36-41(22-53(43,44)45)26-20-34-28(18-30(26)49-36)39(3)24-12-7-9-14-32(24)51-34;/h7-10,12-21H,1,6,22H2,2-4H3,(H-,43,44,45,46,47,48);/q;+1/p-1. The minimum Gasteiger partial charge on any atom is -0.747 e. The number of aromatic nitrogens is 1. The fourth-order valence-corrected chi connectivity index (χ4v) is 10.1. The molecule has 1 aromatic heterocycles. The van der Waals surface area contributed by atoms with Crippen molar-refractivity contribution in [1.29, 1.82) is 0 Å². The summed E-state index contributed by atoms with van der Waals surface area (Å²) in [4.78, 5) is 8.92. The zero-order valence-corrected chi connectivity index (χ0v) is 35.2. The first-order chi connectivity index (χ1) is 25.7. The average molecular weight is 821 g/mol. The van der Waals surface area contributed by atoms with Gasteiger partial charge >= 0.3 is 40.5 Å². The summed E-state index contributed by atoms with van der Waals surface area (Å²) < 4.78 is 88.5. The maximum atomic E-state index is 12.7. The summed E-state index contributed by atoms with van der Waals surface area (Å²) in [6, 6.07) is 22.8. The van der Waals surface area contributed by atoms with Gasteiger partial charge in [-0.2, -0.15) is 0 Å². The Morgan fingerprint density at radius 1 is 0.855 bits per heavy atom. The molecule has 8 rings (SSSR count). The summed E-state index contributed by atoms with van der Waals surface area (Å²) in [5.41, 5.74) is 9.68. The first-order valence-corrected chi connectivity index (χ1v) is 21.0. The van der Waals surface area contributed by atoms with E-state index in [-0.39, 0.29) is 52.4 Å². The van der Waals surface area contributed by atoms with Gasteiger partial charge in [0.05, 0.1) is 34.5 Å². The van der Waals surface area contributed by atoms with Gasteiger partial charge in [0, 0.05) is 63.7 Å². The molecule has 3 aliphatic rings. The van der Waals surface area contributed by atoms with Crippen molar-refractivity contribution in [2.45, 2.75) is 32.9 Å². The van der Waals surface area contributed by atoms with Gasteiger partial charge in [0.1, 0.15) is 16.0 Å². The van der Waals surface area contributed by atoms with Crippen LogP contribution in [0.5, 0.6) is 5.75 Å². The number of rotatable bonds is 7. The second-order valence-corrected chi connectivity index (χ2v) is 17.3. The number of allylic oxidation sites excluding steroid dienone is 2. The Morgan fingerprint density at radius 3 is 2.04 bits per heavy atom. The number of hydrogen-bond acceptors (Lipinski definition) is 13. The molecule has 0 amide bonds. The molecule has 0 N–H and O–H groups in total. The molecular formula is C38H29N4NaO8S4. The van der Waals surface area contributed by atoms with Gasteiger partial charge in [0.15, 0.2) is 15.9 Å². The van der Waals surface area contributed by atoms with E-state index in [1.54, 1.807) is 30.3 Å². The molecule has 0 fully saturated rings. The number of para-hydroxylation sites is 2. The fourth-order valence-electron chi connectivity index (χ4n) is 6.59. The van der Waals surface area contributed by atoms with E-state index in [1.165, 1.54) is 34.5 Å². The monoisotopic (exact) mass is 820 g/mol. The Labute approximate surface area is 348 Å². The molecule has 55 heavy (non-hydrogen) atoms. The van der Waals surface area contributed by atoms with Crippen molar-refractivity contribution < 1.29 is 69.2 Å². The fraction of sp³-hybridized carbons (Fsp3) is 0.132. The Morgan fingerprint density at radius 2 is 1.45 bits per heavy atom. The summed E-state index contributed by atoms with van der Waals surface area (Å²) in [5.74, 6) is -0.560. The number of anilines is 5. The molecule has 3 aliphatic heterocycles. The number of ether oxygens (including phenoxy) is 1. The van der Waals surface area contributed by atoms with Gasteiger partial charge in [0.25, 0.3) is 5.52 Å². The predicted molar refractivity (Wildman–Crippen MR) is 206 cm³/mol. The topological polar surface area (TPSA) is 150 Å². The van der Waals surface area contributed by atoms with E-state index in [2.05, 4.69) is 18.0 Å². The van der Waals surface area contributed by atoms with Crippen LogP contribution < -0.4 is 53.6 Å². The van der Waals surface area contributed by atoms with Gasteiger partial charge < -0.3 is 28.1 Å². The van der Waals surface area contributed by atoms with E-state index >= 15 is 0 Å². The van der Waals surface area contributed by atoms with Gasteiger partial charge in [-0.1, -0.05) is 60.4 Å². The molecule has 0 bridgehead atoms. The maximum absolute atomic E-state index is 12.7. The van der Waals surface area contributed by atoms with E-state index in [9.17, 15) is 25.9 Å². The third kappa shape index (κ3) is 7.21. The summed E-state index contributed by atoms with van der Waals surface area (Å²) in [6.07, 6.45) is 3.39. The van der Waals surface area contributed by atoms with Crippen LogP contribution in [-0.2, 0) is 20.2 Å². The zero-order valence-electron chi connectivity index (χ0n) is 29.9. The van der Waals surface area contributed by atoms with Crippen LogP contribution in [0.1, 0.15) is 19.2 Å². The second-order valence-electron chi connectivity index (χ2n) is 12.4. The third-order valence-electron chi connectivity index (χ3n) is 9.09. The Kier molecular flexibility index (Phi) is 10.5. The molecule has 12 nitrogen and oxygen atoms in total. The van der Waals surface area contributed by atoms with Gasteiger partial charge in [-0.05, 0) is 48.9 Å². The van der Waals surface area contributed by atoms with Crippen molar-refractivity contribution >= 4 is 94.4 Å². The number of nitrogens with zero attached hydrogens (tertiary/aromatic N) is 4. The first kappa shape index (κ1) is 39.1. The molecule has 0 saturated heterocycles. The van der Waals surface area contributed by atoms with Crippen LogP contribution in [0.4, 0.5) is 28.4 Å². The SMILES string of the molecule is C=C=C=C([n+]1c(C=C(C=C2Oc3cc4c(cc3N2CS(=O)(=O)[O-])Sc2ccccc2N4C)CC)oc2cc3c(cc21)Sc1ccccc1N3C)S(=O)(=O)[O-].[Na+]. The van der Waals surface area contributed by atoms with Gasteiger partial charge in [-0.15, -0.1) is 4.57 Å². The summed E-state index contributed by atoms with van der Waals surface area (Å²) >= 11 is 3.00. The molecular weight excluding hydrogens is 792 g/mol. The molecule has 0 radical (unpaired) electrons. The van der Waals surface area contributed by atoms with Crippen LogP contribution in [0.15, 0.2) is 132 Å². The minimum atomic E-state index is -5.15. The molecule has 4 heterocycles. The van der Waals surface area contributed by atoms with Crippen molar-refractivity contribution in [1.82, 2.24) is 0 Å². The van der Waals surface area contributed by atoms with Crippen molar-refractivity contribution in [3.8, 4) is 5.75 Å². The summed E-state index contributed by atoms with van der Waals surface area (Å²) in [7, 11) is -6.11. The van der Waals surface area contributed by atoms with Crippen molar-refractivity contribution in [2.24, 2.45) is 0 Å². The molecule has 0 saturated carbocycles. The third-order valence-corrected chi connectivity index (χ3v) is 12.6. The molecule has 0 unspecified atom stereocenters. The van der Waals surface area contributed by atoms with E-state index in [0.29, 0.717) is 23.4 Å². The second kappa shape index (κ2) is 14.7. The van der Waals surface area contributed by atoms with E-state index in [4.69, 9.17) is 9.15 Å². The Bertz CT molecular complexity index is 2820. The number of benzene rings is 4. The number of hydrogen-bond donors (Lipinski definition) is 0. The maximum Gasteiger partial charge on any atom is 1.00 e. The smallest absolute Gasteiger partial charge is 0.747 e. The van der Waals surface area contributed by atoms with Crippen LogP contribution >= 0.6 is 23.5 Å². The summed E-state index contributed by atoms with van der Waals surface area (Å²) in [6.45, 7) is 5.27. The van der Waals surface area contributed by atoms with E-state index < -0.39 is 31.1 Å². The number of fused-ring (bicyclic) bond motifs is 6. The van der Waals surface area contributed by atoms with Crippen molar-refractivity contribution in [3.63, 3.8) is 0 Å². The van der Waals surface area contributed by atoms with Crippen molar-refractivity contribution in [2.75, 3.05) is 34.7 Å². The molecule has 0 atom stereocenters. The van der Waals surface area contributed by atoms with Crippen LogP contribution in [0, 0.1) is 0 Å². The minimum absolute atomic E-state index is 0.